The maximum absolute atomic E-state index is 9.16. The van der Waals surface area contributed by atoms with E-state index < -0.39 is 0 Å². The van der Waals surface area contributed by atoms with E-state index in [1.807, 2.05) is 17.1 Å². The van der Waals surface area contributed by atoms with Crippen LogP contribution in [0.3, 0.4) is 0 Å². The quantitative estimate of drug-likeness (QED) is 0.776. The Morgan fingerprint density at radius 1 is 1.40 bits per heavy atom. The minimum absolute atomic E-state index is 0.229. The molecule has 0 aliphatic heterocycles. The van der Waals surface area contributed by atoms with E-state index in [2.05, 4.69) is 31.2 Å². The Hall–Kier alpha value is -0.870. The molecule has 0 amide bonds. The number of nitrogens with one attached hydrogen (secondary N) is 1. The summed E-state index contributed by atoms with van der Waals surface area (Å²) in [7, 11) is 0. The van der Waals surface area contributed by atoms with Crippen LogP contribution in [0.25, 0.3) is 0 Å². The summed E-state index contributed by atoms with van der Waals surface area (Å²) in [6, 6.07) is 0.620. The fourth-order valence-corrected chi connectivity index (χ4v) is 1.32. The van der Waals surface area contributed by atoms with E-state index in [4.69, 9.17) is 5.11 Å². The van der Waals surface area contributed by atoms with E-state index >= 15 is 0 Å². The molecule has 0 aliphatic rings. The first-order valence-electron chi connectivity index (χ1n) is 5.46. The number of rotatable bonds is 5. The van der Waals surface area contributed by atoms with Gasteiger partial charge < -0.3 is 10.4 Å². The third-order valence-electron chi connectivity index (χ3n) is 2.37. The number of aliphatic hydroxyl groups is 1. The van der Waals surface area contributed by atoms with Crippen molar-refractivity contribution in [1.82, 2.24) is 15.1 Å². The normalized spacial score (nSPS) is 15.6. The van der Waals surface area contributed by atoms with Crippen molar-refractivity contribution in [2.45, 2.75) is 45.9 Å². The van der Waals surface area contributed by atoms with E-state index in [0.29, 0.717) is 12.6 Å². The molecule has 15 heavy (non-hydrogen) atoms. The van der Waals surface area contributed by atoms with E-state index in [9.17, 15) is 0 Å². The standard InChI is InChI=1S/C11H21N3O/c1-8(2)14-7-11(6-13-14)10(4)12-5-9(3)15/h6-10,12,15H,5H2,1-4H3/t9-,10?/m1/s1. The molecule has 0 radical (unpaired) electrons. The van der Waals surface area contributed by atoms with E-state index in [0.717, 1.165) is 5.56 Å². The molecule has 4 heteroatoms. The molecule has 0 fully saturated rings. The van der Waals surface area contributed by atoms with Crippen LogP contribution >= 0.6 is 0 Å². The van der Waals surface area contributed by atoms with Crippen LogP contribution in [0.1, 0.15) is 45.3 Å². The molecule has 0 saturated heterocycles. The van der Waals surface area contributed by atoms with Crippen molar-refractivity contribution >= 4 is 0 Å². The summed E-state index contributed by atoms with van der Waals surface area (Å²) in [4.78, 5) is 0. The Balaban J connectivity index is 2.54. The highest BCUT2D eigenvalue weighted by atomic mass is 16.3. The first-order valence-corrected chi connectivity index (χ1v) is 5.46. The van der Waals surface area contributed by atoms with E-state index in [1.165, 1.54) is 0 Å². The minimum Gasteiger partial charge on any atom is -0.392 e. The molecule has 2 atom stereocenters. The monoisotopic (exact) mass is 211 g/mol. The first kappa shape index (κ1) is 12.2. The Kier molecular flexibility index (Phi) is 4.29. The Morgan fingerprint density at radius 3 is 2.53 bits per heavy atom. The highest BCUT2D eigenvalue weighted by Crippen LogP contribution is 2.13. The van der Waals surface area contributed by atoms with Gasteiger partial charge in [-0.05, 0) is 27.7 Å². The van der Waals surface area contributed by atoms with Crippen molar-refractivity contribution in [3.8, 4) is 0 Å². The molecule has 0 spiro atoms. The fourth-order valence-electron chi connectivity index (χ4n) is 1.32. The molecule has 2 N–H and O–H groups in total. The van der Waals surface area contributed by atoms with Crippen LogP contribution in [0.15, 0.2) is 12.4 Å². The van der Waals surface area contributed by atoms with Gasteiger partial charge >= 0.3 is 0 Å². The molecule has 0 bridgehead atoms. The number of nitrogens with zero attached hydrogens (tertiary/aromatic N) is 2. The zero-order chi connectivity index (χ0) is 11.4. The van der Waals surface area contributed by atoms with Gasteiger partial charge in [-0.25, -0.2) is 0 Å². The number of hydrogen-bond acceptors (Lipinski definition) is 3. The van der Waals surface area contributed by atoms with Gasteiger partial charge in [-0.2, -0.15) is 5.10 Å². The van der Waals surface area contributed by atoms with Crippen LogP contribution in [0.2, 0.25) is 0 Å². The lowest BCUT2D eigenvalue weighted by Crippen LogP contribution is -2.26. The number of aromatic nitrogens is 2. The molecule has 0 aliphatic carbocycles. The summed E-state index contributed by atoms with van der Waals surface area (Å²) >= 11 is 0. The Bertz CT molecular complexity index is 294. The van der Waals surface area contributed by atoms with Gasteiger partial charge in [0.15, 0.2) is 0 Å². The van der Waals surface area contributed by atoms with Crippen molar-refractivity contribution < 1.29 is 5.11 Å². The highest BCUT2D eigenvalue weighted by Gasteiger charge is 2.09. The first-order chi connectivity index (χ1) is 7.00. The molecule has 1 heterocycles. The van der Waals surface area contributed by atoms with Gasteiger partial charge in [0.05, 0.1) is 12.3 Å². The lowest BCUT2D eigenvalue weighted by molar-refractivity contribution is 0.187. The van der Waals surface area contributed by atoms with Crippen molar-refractivity contribution in [3.05, 3.63) is 18.0 Å². The maximum Gasteiger partial charge on any atom is 0.0636 e. The summed E-state index contributed by atoms with van der Waals surface area (Å²) in [5.41, 5.74) is 1.16. The Morgan fingerprint density at radius 2 is 2.07 bits per heavy atom. The molecule has 0 aromatic carbocycles. The fraction of sp³-hybridized carbons (Fsp3) is 0.727. The summed E-state index contributed by atoms with van der Waals surface area (Å²) in [6.45, 7) is 8.66. The second-order valence-electron chi connectivity index (χ2n) is 4.33. The van der Waals surface area contributed by atoms with Gasteiger partial charge in [0.1, 0.15) is 0 Å². The van der Waals surface area contributed by atoms with Crippen LogP contribution < -0.4 is 5.32 Å². The molecule has 0 saturated carbocycles. The lowest BCUT2D eigenvalue weighted by atomic mass is 10.2. The van der Waals surface area contributed by atoms with E-state index in [-0.39, 0.29) is 12.1 Å². The van der Waals surface area contributed by atoms with Gasteiger partial charge in [-0.15, -0.1) is 0 Å². The Labute approximate surface area is 91.3 Å². The van der Waals surface area contributed by atoms with Crippen LogP contribution in [0, 0.1) is 0 Å². The smallest absolute Gasteiger partial charge is 0.0636 e. The van der Waals surface area contributed by atoms with Crippen molar-refractivity contribution in [2.24, 2.45) is 0 Å². The van der Waals surface area contributed by atoms with Gasteiger partial charge in [0, 0.05) is 30.4 Å². The average Bonchev–Trinajstić information content (AvgIpc) is 2.62. The molecule has 1 aromatic rings. The predicted molar refractivity (Wildman–Crippen MR) is 60.7 cm³/mol. The molecular weight excluding hydrogens is 190 g/mol. The predicted octanol–water partition coefficient (Wildman–Crippen LogP) is 1.50. The summed E-state index contributed by atoms with van der Waals surface area (Å²) < 4.78 is 1.94. The second kappa shape index (κ2) is 5.28. The minimum atomic E-state index is -0.312. The average molecular weight is 211 g/mol. The van der Waals surface area contributed by atoms with Crippen LogP contribution in [0.5, 0.6) is 0 Å². The van der Waals surface area contributed by atoms with Crippen LogP contribution in [-0.4, -0.2) is 27.5 Å². The summed E-state index contributed by atoms with van der Waals surface area (Å²) in [6.07, 6.45) is 3.61. The van der Waals surface area contributed by atoms with Gasteiger partial charge in [-0.3, -0.25) is 4.68 Å². The highest BCUT2D eigenvalue weighted by molar-refractivity contribution is 5.09. The summed E-state index contributed by atoms with van der Waals surface area (Å²) in [5, 5.41) is 16.7. The molecule has 1 aromatic heterocycles. The van der Waals surface area contributed by atoms with Gasteiger partial charge in [0.2, 0.25) is 0 Å². The molecule has 4 nitrogen and oxygen atoms in total. The number of aliphatic hydroxyl groups excluding tert-OH is 1. The maximum atomic E-state index is 9.16. The molecule has 86 valence electrons. The second-order valence-corrected chi connectivity index (χ2v) is 4.33. The molecule has 1 unspecified atom stereocenters. The van der Waals surface area contributed by atoms with Gasteiger partial charge in [0.25, 0.3) is 0 Å². The zero-order valence-electron chi connectivity index (χ0n) is 9.94. The lowest BCUT2D eigenvalue weighted by Gasteiger charge is -2.13. The van der Waals surface area contributed by atoms with Gasteiger partial charge in [-0.1, -0.05) is 0 Å². The largest absolute Gasteiger partial charge is 0.392 e. The third kappa shape index (κ3) is 3.64. The molecular formula is C11H21N3O. The SMILES string of the molecule is CC(NC[C@@H](C)O)c1cnn(C(C)C)c1. The summed E-state index contributed by atoms with van der Waals surface area (Å²) in [5.74, 6) is 0. The van der Waals surface area contributed by atoms with Crippen LogP contribution in [-0.2, 0) is 0 Å². The van der Waals surface area contributed by atoms with Crippen molar-refractivity contribution in [3.63, 3.8) is 0 Å². The third-order valence-corrected chi connectivity index (χ3v) is 2.37. The number of hydrogen-bond donors (Lipinski definition) is 2. The topological polar surface area (TPSA) is 50.1 Å². The van der Waals surface area contributed by atoms with E-state index in [1.54, 1.807) is 6.92 Å². The van der Waals surface area contributed by atoms with Crippen molar-refractivity contribution in [2.75, 3.05) is 6.54 Å². The van der Waals surface area contributed by atoms with Crippen molar-refractivity contribution in [1.29, 1.82) is 0 Å². The zero-order valence-corrected chi connectivity index (χ0v) is 9.94. The molecule has 1 rings (SSSR count). The van der Waals surface area contributed by atoms with Crippen LogP contribution in [0.4, 0.5) is 0 Å².